The van der Waals surface area contributed by atoms with Crippen molar-refractivity contribution in [3.63, 3.8) is 0 Å². The minimum atomic E-state index is -0.764. The second kappa shape index (κ2) is 8.57. The van der Waals surface area contributed by atoms with Crippen LogP contribution in [0.15, 0.2) is 52.1 Å². The minimum absolute atomic E-state index is 0.0688. The molecule has 0 bridgehead atoms. The lowest BCUT2D eigenvalue weighted by molar-refractivity contribution is -0.140. The molecule has 152 valence electrons. The molecule has 3 rings (SSSR count). The van der Waals surface area contributed by atoms with E-state index in [1.165, 1.54) is 7.11 Å². The maximum Gasteiger partial charge on any atom is 0.338 e. The summed E-state index contributed by atoms with van der Waals surface area (Å²) < 4.78 is 11.1. The van der Waals surface area contributed by atoms with Crippen molar-refractivity contribution < 1.29 is 24.2 Å². The first-order chi connectivity index (χ1) is 13.8. The van der Waals surface area contributed by atoms with E-state index in [4.69, 9.17) is 9.47 Å². The van der Waals surface area contributed by atoms with Gasteiger partial charge >= 0.3 is 12.0 Å². The number of halogens is 1. The Morgan fingerprint density at radius 3 is 2.55 bits per heavy atom. The molecule has 2 aromatic carbocycles. The minimum Gasteiger partial charge on any atom is -0.503 e. The largest absolute Gasteiger partial charge is 0.503 e. The molecule has 0 spiro atoms. The van der Waals surface area contributed by atoms with Crippen LogP contribution in [-0.4, -0.2) is 24.2 Å². The van der Waals surface area contributed by atoms with Gasteiger partial charge in [-0.3, -0.25) is 0 Å². The Bertz CT molecular complexity index is 985. The number of nitrogens with one attached hydrogen (secondary N) is 2. The van der Waals surface area contributed by atoms with Crippen molar-refractivity contribution >= 4 is 27.9 Å². The Morgan fingerprint density at radius 1 is 1.21 bits per heavy atom. The first-order valence-electron chi connectivity index (χ1n) is 8.87. The highest BCUT2D eigenvalue weighted by molar-refractivity contribution is 9.10. The highest BCUT2D eigenvalue weighted by Gasteiger charge is 2.33. The third kappa shape index (κ3) is 4.54. The van der Waals surface area contributed by atoms with Crippen LogP contribution in [0.2, 0.25) is 0 Å². The number of aryl methyl sites for hydroxylation is 1. The number of methoxy groups -OCH3 is 1. The molecule has 0 fully saturated rings. The fourth-order valence-corrected chi connectivity index (χ4v) is 3.50. The van der Waals surface area contributed by atoms with Crippen LogP contribution in [0, 0.1) is 6.92 Å². The van der Waals surface area contributed by atoms with Gasteiger partial charge < -0.3 is 25.2 Å². The van der Waals surface area contributed by atoms with E-state index in [-0.39, 0.29) is 23.7 Å². The topological polar surface area (TPSA) is 96.9 Å². The van der Waals surface area contributed by atoms with Crippen LogP contribution in [-0.2, 0) is 16.1 Å². The summed E-state index contributed by atoms with van der Waals surface area (Å²) in [5.74, 6) is -0.406. The Labute approximate surface area is 176 Å². The quantitative estimate of drug-likeness (QED) is 0.588. The summed E-state index contributed by atoms with van der Waals surface area (Å²) in [6, 6.07) is 9.66. The summed E-state index contributed by atoms with van der Waals surface area (Å²) in [4.78, 5) is 24.9. The Kier molecular flexibility index (Phi) is 6.12. The van der Waals surface area contributed by atoms with E-state index >= 15 is 0 Å². The maximum absolute atomic E-state index is 12.9. The molecule has 3 N–H and O–H groups in total. The molecule has 1 heterocycles. The van der Waals surface area contributed by atoms with Crippen LogP contribution in [0.1, 0.15) is 29.7 Å². The molecule has 1 aliphatic rings. The average molecular weight is 461 g/mol. The first-order valence-corrected chi connectivity index (χ1v) is 9.66. The van der Waals surface area contributed by atoms with E-state index in [0.717, 1.165) is 11.1 Å². The molecule has 0 unspecified atom stereocenters. The van der Waals surface area contributed by atoms with Gasteiger partial charge in [0.2, 0.25) is 0 Å². The number of urea groups is 1. The van der Waals surface area contributed by atoms with Crippen molar-refractivity contribution in [1.29, 1.82) is 0 Å². The lowest BCUT2D eigenvalue weighted by atomic mass is 9.95. The zero-order valence-electron chi connectivity index (χ0n) is 16.2. The second-order valence-corrected chi connectivity index (χ2v) is 7.54. The summed E-state index contributed by atoms with van der Waals surface area (Å²) in [7, 11) is 1.42. The van der Waals surface area contributed by atoms with Crippen molar-refractivity contribution in [1.82, 2.24) is 10.6 Å². The van der Waals surface area contributed by atoms with Crippen molar-refractivity contribution in [2.75, 3.05) is 7.11 Å². The van der Waals surface area contributed by atoms with Crippen LogP contribution in [0.5, 0.6) is 11.5 Å². The van der Waals surface area contributed by atoms with Crippen molar-refractivity contribution in [2.45, 2.75) is 26.5 Å². The molecule has 0 radical (unpaired) electrons. The zero-order valence-corrected chi connectivity index (χ0v) is 17.8. The molecule has 1 atom stereocenters. The zero-order chi connectivity index (χ0) is 21.1. The number of carbonyl (C=O) groups is 2. The highest BCUT2D eigenvalue weighted by Crippen LogP contribution is 2.39. The van der Waals surface area contributed by atoms with E-state index in [1.807, 2.05) is 31.2 Å². The first kappa shape index (κ1) is 20.7. The number of benzene rings is 2. The normalized spacial score (nSPS) is 16.1. The van der Waals surface area contributed by atoms with Crippen LogP contribution in [0.25, 0.3) is 0 Å². The van der Waals surface area contributed by atoms with Crippen molar-refractivity contribution in [2.24, 2.45) is 0 Å². The smallest absolute Gasteiger partial charge is 0.338 e. The van der Waals surface area contributed by atoms with Gasteiger partial charge in [-0.15, -0.1) is 0 Å². The molecule has 0 saturated heterocycles. The average Bonchev–Trinajstić information content (AvgIpc) is 2.68. The van der Waals surface area contributed by atoms with Gasteiger partial charge in [0.15, 0.2) is 11.5 Å². The van der Waals surface area contributed by atoms with Gasteiger partial charge in [-0.1, -0.05) is 29.8 Å². The number of carbonyl (C=O) groups excluding carboxylic acids is 2. The lowest BCUT2D eigenvalue weighted by Gasteiger charge is -2.28. The van der Waals surface area contributed by atoms with E-state index in [9.17, 15) is 14.7 Å². The van der Waals surface area contributed by atoms with Crippen molar-refractivity contribution in [3.05, 3.63) is 68.8 Å². The van der Waals surface area contributed by atoms with Crippen molar-refractivity contribution in [3.8, 4) is 11.5 Å². The van der Waals surface area contributed by atoms with E-state index in [0.29, 0.717) is 15.7 Å². The molecule has 0 aromatic heterocycles. The van der Waals surface area contributed by atoms with Crippen LogP contribution in [0.4, 0.5) is 4.79 Å². The van der Waals surface area contributed by atoms with Gasteiger partial charge in [-0.2, -0.15) is 0 Å². The van der Waals surface area contributed by atoms with E-state index in [2.05, 4.69) is 26.6 Å². The summed E-state index contributed by atoms with van der Waals surface area (Å²) in [5, 5.41) is 15.4. The number of rotatable bonds is 5. The number of aromatic hydroxyl groups is 1. The number of ether oxygens (including phenoxy) is 2. The van der Waals surface area contributed by atoms with Gasteiger partial charge in [0.05, 0.1) is 23.2 Å². The van der Waals surface area contributed by atoms with E-state index in [1.54, 1.807) is 19.1 Å². The number of hydrogen-bond acceptors (Lipinski definition) is 5. The molecule has 0 aliphatic carbocycles. The van der Waals surface area contributed by atoms with Gasteiger partial charge in [-0.05, 0) is 53.0 Å². The summed E-state index contributed by atoms with van der Waals surface area (Å²) in [5.41, 5.74) is 3.21. The number of esters is 1. The number of hydrogen-bond donors (Lipinski definition) is 3. The third-order valence-corrected chi connectivity index (χ3v) is 5.19. The van der Waals surface area contributed by atoms with Crippen LogP contribution < -0.4 is 15.4 Å². The molecular weight excluding hydrogens is 440 g/mol. The molecule has 8 heteroatoms. The predicted molar refractivity (Wildman–Crippen MR) is 110 cm³/mol. The van der Waals surface area contributed by atoms with Crippen LogP contribution >= 0.6 is 15.9 Å². The maximum atomic E-state index is 12.9. The predicted octanol–water partition coefficient (Wildman–Crippen LogP) is 3.84. The fourth-order valence-electron chi connectivity index (χ4n) is 3.04. The summed E-state index contributed by atoms with van der Waals surface area (Å²) >= 11 is 3.27. The third-order valence-electron chi connectivity index (χ3n) is 4.58. The molecule has 0 saturated carbocycles. The van der Waals surface area contributed by atoms with Gasteiger partial charge in [0.25, 0.3) is 0 Å². The Balaban J connectivity index is 1.90. The monoisotopic (exact) mass is 460 g/mol. The van der Waals surface area contributed by atoms with Gasteiger partial charge in [-0.25, -0.2) is 9.59 Å². The molecule has 1 aliphatic heterocycles. The standard InChI is InChI=1S/C21H21BrN2O5/c1-11-4-6-13(7-5-11)10-29-20(26)17-12(2)23-21(27)24-18(17)14-8-15(22)19(25)16(9-14)28-3/h4-9,18,25H,10H2,1-3H3,(H2,23,24,27)/t18-/m1/s1. The van der Waals surface area contributed by atoms with Gasteiger partial charge in [0.1, 0.15) is 6.61 Å². The summed E-state index contributed by atoms with van der Waals surface area (Å²) in [6.45, 7) is 3.73. The van der Waals surface area contributed by atoms with E-state index < -0.39 is 18.0 Å². The summed E-state index contributed by atoms with van der Waals surface area (Å²) in [6.07, 6.45) is 0. The molecule has 2 amide bonds. The fraction of sp³-hybridized carbons (Fsp3) is 0.238. The molecule has 7 nitrogen and oxygen atoms in total. The number of amides is 2. The Morgan fingerprint density at radius 2 is 1.90 bits per heavy atom. The molecule has 2 aromatic rings. The Hall–Kier alpha value is -3.00. The van der Waals surface area contributed by atoms with Crippen LogP contribution in [0.3, 0.4) is 0 Å². The van der Waals surface area contributed by atoms with Gasteiger partial charge in [0, 0.05) is 5.70 Å². The number of phenols is 1. The highest BCUT2D eigenvalue weighted by atomic mass is 79.9. The molecular formula is C21H21BrN2O5. The SMILES string of the molecule is COc1cc([C@H]2NC(=O)NC(C)=C2C(=O)OCc2ccc(C)cc2)cc(Br)c1O. The number of allylic oxidation sites excluding steroid dienone is 1. The number of phenolic OH excluding ortho intramolecular Hbond substituents is 1. The lowest BCUT2D eigenvalue weighted by Crippen LogP contribution is -2.45. The molecule has 29 heavy (non-hydrogen) atoms. The second-order valence-electron chi connectivity index (χ2n) is 6.69.